The Hall–Kier alpha value is -1.74. The minimum atomic E-state index is -1.18. The van der Waals surface area contributed by atoms with Crippen LogP contribution in [0.4, 0.5) is 8.78 Å². The van der Waals surface area contributed by atoms with Crippen LogP contribution in [-0.4, -0.2) is 152 Å². The van der Waals surface area contributed by atoms with Gasteiger partial charge in [0.15, 0.2) is 0 Å². The molecule has 0 spiro atoms. The number of likely N-dealkylation sites (tertiary alicyclic amines) is 1. The molecule has 0 aromatic heterocycles. The molecule has 2 amide bonds. The molecule has 5 fully saturated rings. The van der Waals surface area contributed by atoms with Crippen LogP contribution in [0.2, 0.25) is 0 Å². The van der Waals surface area contributed by atoms with E-state index < -0.39 is 36.5 Å². The number of carbonyl (C=O) groups excluding carboxylic acids is 2. The predicted octanol–water partition coefficient (Wildman–Crippen LogP) is 0.197. The van der Waals surface area contributed by atoms with Crippen molar-refractivity contribution in [2.24, 2.45) is 23.3 Å². The first-order valence-corrected chi connectivity index (χ1v) is 17.8. The number of halogens is 2. The number of nitrogens with two attached hydrogens (primary N) is 2. The Morgan fingerprint density at radius 2 is 1.78 bits per heavy atom. The molecule has 11 nitrogen and oxygen atoms in total. The molecule has 46 heavy (non-hydrogen) atoms. The van der Waals surface area contributed by atoms with E-state index in [4.69, 9.17) is 16.2 Å². The molecule has 6 N–H and O–H groups in total. The van der Waals surface area contributed by atoms with Crippen molar-refractivity contribution in [1.82, 2.24) is 30.2 Å². The van der Waals surface area contributed by atoms with Gasteiger partial charge in [0.25, 0.3) is 0 Å². The molecule has 0 bridgehead atoms. The fourth-order valence-corrected chi connectivity index (χ4v) is 8.97. The van der Waals surface area contributed by atoms with Crippen molar-refractivity contribution in [3.05, 3.63) is 12.2 Å². The largest absolute Gasteiger partial charge is 0.378 e. The highest BCUT2D eigenvalue weighted by molar-refractivity contribution is 5.81. The minimum Gasteiger partial charge on any atom is -0.378 e. The zero-order valence-corrected chi connectivity index (χ0v) is 27.5. The Labute approximate surface area is 272 Å². The molecule has 5 saturated heterocycles. The summed E-state index contributed by atoms with van der Waals surface area (Å²) in [5, 5.41) is 6.27. The second-order valence-electron chi connectivity index (χ2n) is 14.6. The first-order chi connectivity index (χ1) is 22.2. The van der Waals surface area contributed by atoms with E-state index in [2.05, 4.69) is 32.3 Å². The Balaban J connectivity index is 1.05. The van der Waals surface area contributed by atoms with Gasteiger partial charge in [0, 0.05) is 63.3 Å². The lowest BCUT2D eigenvalue weighted by molar-refractivity contribution is -0.142. The number of nitrogens with zero attached hydrogens (tertiary/aromatic N) is 4. The molecule has 0 aromatic carbocycles. The van der Waals surface area contributed by atoms with E-state index >= 15 is 4.39 Å². The van der Waals surface area contributed by atoms with E-state index in [-0.39, 0.29) is 42.4 Å². The fourth-order valence-electron chi connectivity index (χ4n) is 8.97. The number of hydrogen-bond acceptors (Lipinski definition) is 9. The van der Waals surface area contributed by atoms with Gasteiger partial charge in [0.1, 0.15) is 12.3 Å². The van der Waals surface area contributed by atoms with E-state index in [9.17, 15) is 14.0 Å². The smallest absolute Gasteiger partial charge is 0.227 e. The van der Waals surface area contributed by atoms with Crippen LogP contribution in [0, 0.1) is 11.8 Å². The second-order valence-corrected chi connectivity index (χ2v) is 14.6. The third-order valence-corrected chi connectivity index (χ3v) is 11.7. The Morgan fingerprint density at radius 3 is 2.43 bits per heavy atom. The number of carbonyl (C=O) groups is 2. The van der Waals surface area contributed by atoms with Crippen molar-refractivity contribution in [3.63, 3.8) is 0 Å². The quantitative estimate of drug-likeness (QED) is 0.141. The maximum atomic E-state index is 15.6. The molecule has 0 radical (unpaired) electrons. The normalized spacial score (nSPS) is 35.8. The molecule has 6 aliphatic heterocycles. The molecule has 13 heteroatoms. The summed E-state index contributed by atoms with van der Waals surface area (Å²) in [6.45, 7) is 8.70. The summed E-state index contributed by atoms with van der Waals surface area (Å²) in [4.78, 5) is 35.9. The van der Waals surface area contributed by atoms with Gasteiger partial charge in [-0.05, 0) is 38.8 Å². The molecular weight excluding hydrogens is 594 g/mol. The van der Waals surface area contributed by atoms with Crippen LogP contribution in [0.25, 0.3) is 0 Å². The first kappa shape index (κ1) is 34.1. The molecular formula is C33H56F2N8O3. The van der Waals surface area contributed by atoms with E-state index in [1.165, 1.54) is 0 Å². The monoisotopic (exact) mass is 650 g/mol. The van der Waals surface area contributed by atoms with Crippen LogP contribution in [0.1, 0.15) is 51.9 Å². The number of nitrogens with one attached hydrogen (secondary N) is 2. The van der Waals surface area contributed by atoms with Gasteiger partial charge >= 0.3 is 0 Å². The number of ether oxygens (including phenoxy) is 1. The first-order valence-electron chi connectivity index (χ1n) is 17.8. The number of fused-ring (bicyclic) bond motifs is 1. The SMILES string of the molecule is CCCCCC12C=CC(F)CN1C(C(C(=O)NC1CNCC(F)C1N1CCN(C(=O)C3CCN(C4COC4)CC3)CC1)C(N)N)C2. The molecule has 0 aliphatic carbocycles. The van der Waals surface area contributed by atoms with Crippen LogP contribution in [-0.2, 0) is 14.3 Å². The van der Waals surface area contributed by atoms with Crippen molar-refractivity contribution in [2.75, 3.05) is 72.1 Å². The number of hydrogen-bond donors (Lipinski definition) is 4. The van der Waals surface area contributed by atoms with Crippen LogP contribution < -0.4 is 22.1 Å². The second kappa shape index (κ2) is 14.8. The highest BCUT2D eigenvalue weighted by atomic mass is 19.1. The lowest BCUT2D eigenvalue weighted by atomic mass is 9.68. The molecule has 260 valence electrons. The molecule has 6 aliphatic rings. The number of piperazine rings is 1. The lowest BCUT2D eigenvalue weighted by Gasteiger charge is -2.61. The van der Waals surface area contributed by atoms with Crippen LogP contribution in [0.5, 0.6) is 0 Å². The van der Waals surface area contributed by atoms with E-state index in [0.29, 0.717) is 45.2 Å². The molecule has 6 rings (SSSR count). The van der Waals surface area contributed by atoms with Crippen molar-refractivity contribution in [1.29, 1.82) is 0 Å². The molecule has 0 saturated carbocycles. The topological polar surface area (TPSA) is 132 Å². The minimum absolute atomic E-state index is 0.0426. The van der Waals surface area contributed by atoms with E-state index in [0.717, 1.165) is 64.8 Å². The van der Waals surface area contributed by atoms with E-state index in [1.54, 1.807) is 6.08 Å². The number of rotatable bonds is 11. The fraction of sp³-hybridized carbons (Fsp3) is 0.879. The number of piperidine rings is 2. The van der Waals surface area contributed by atoms with Gasteiger partial charge < -0.3 is 31.7 Å². The maximum Gasteiger partial charge on any atom is 0.227 e. The van der Waals surface area contributed by atoms with Crippen LogP contribution in [0.15, 0.2) is 12.2 Å². The standard InChI is InChI=1S/C33H56F2N8O3/c1-2-3-4-8-33-9-5-23(34)19-43(33)27(16-33)28(30(36)37)31(44)39-26-18-38-17-25(35)29(26)41-12-14-42(15-13-41)32(45)22-6-10-40(11-7-22)24-20-46-21-24/h5,9,22-30,38H,2-4,6-8,10-21,36-37H2,1H3,(H,39,44). The van der Waals surface area contributed by atoms with Gasteiger partial charge in [-0.1, -0.05) is 38.3 Å². The van der Waals surface area contributed by atoms with E-state index in [1.807, 2.05) is 11.0 Å². The number of amides is 2. The molecule has 0 aromatic rings. The Morgan fingerprint density at radius 1 is 1.04 bits per heavy atom. The average molecular weight is 651 g/mol. The van der Waals surface area contributed by atoms with Gasteiger partial charge in [-0.25, -0.2) is 8.78 Å². The summed E-state index contributed by atoms with van der Waals surface area (Å²) in [5.74, 6) is -0.783. The maximum absolute atomic E-state index is 15.6. The van der Waals surface area contributed by atoms with Gasteiger partial charge in [-0.3, -0.25) is 24.3 Å². The summed E-state index contributed by atoms with van der Waals surface area (Å²) in [6.07, 6.45) is 7.02. The van der Waals surface area contributed by atoms with Gasteiger partial charge in [0.2, 0.25) is 11.8 Å². The summed E-state index contributed by atoms with van der Waals surface area (Å²) in [5.41, 5.74) is 12.2. The zero-order chi connectivity index (χ0) is 32.4. The molecule has 7 atom stereocenters. The summed E-state index contributed by atoms with van der Waals surface area (Å²) in [7, 11) is 0. The molecule has 7 unspecified atom stereocenters. The third-order valence-electron chi connectivity index (χ3n) is 11.7. The van der Waals surface area contributed by atoms with Gasteiger partial charge in [0.05, 0.1) is 43.4 Å². The van der Waals surface area contributed by atoms with Crippen molar-refractivity contribution >= 4 is 11.8 Å². The average Bonchev–Trinajstić information content (AvgIpc) is 3.01. The number of alkyl halides is 2. The predicted molar refractivity (Wildman–Crippen MR) is 172 cm³/mol. The van der Waals surface area contributed by atoms with Gasteiger partial charge in [-0.15, -0.1) is 0 Å². The van der Waals surface area contributed by atoms with Crippen molar-refractivity contribution < 1.29 is 23.1 Å². The summed E-state index contributed by atoms with van der Waals surface area (Å²) < 4.78 is 35.5. The van der Waals surface area contributed by atoms with Crippen molar-refractivity contribution in [3.8, 4) is 0 Å². The van der Waals surface area contributed by atoms with Gasteiger partial charge in [-0.2, -0.15) is 0 Å². The Kier molecular flexibility index (Phi) is 11.0. The molecule has 6 heterocycles. The van der Waals surface area contributed by atoms with Crippen molar-refractivity contribution in [2.45, 2.75) is 100 Å². The summed E-state index contributed by atoms with van der Waals surface area (Å²) in [6, 6.07) is -0.772. The zero-order valence-electron chi connectivity index (χ0n) is 27.5. The van der Waals surface area contributed by atoms with Crippen LogP contribution in [0.3, 0.4) is 0 Å². The summed E-state index contributed by atoms with van der Waals surface area (Å²) >= 11 is 0. The highest BCUT2D eigenvalue weighted by Gasteiger charge is 2.56. The third kappa shape index (κ3) is 7.02. The number of unbranched alkanes of at least 4 members (excludes halogenated alkanes) is 2. The lowest BCUT2D eigenvalue weighted by Crippen LogP contribution is -2.74. The highest BCUT2D eigenvalue weighted by Crippen LogP contribution is 2.47. The van der Waals surface area contributed by atoms with Crippen LogP contribution >= 0.6 is 0 Å². The Bertz CT molecular complexity index is 1080.